The van der Waals surface area contributed by atoms with E-state index in [1.54, 1.807) is 42.5 Å². The van der Waals surface area contributed by atoms with Crippen LogP contribution in [-0.4, -0.2) is 27.5 Å². The Kier molecular flexibility index (Phi) is 7.48. The third-order valence-electron chi connectivity index (χ3n) is 5.21. The first-order valence-electron chi connectivity index (χ1n) is 11.1. The maximum absolute atomic E-state index is 13.4. The molecule has 0 saturated heterocycles. The van der Waals surface area contributed by atoms with Gasteiger partial charge in [-0.15, -0.1) is 0 Å². The van der Waals surface area contributed by atoms with Crippen LogP contribution in [0.1, 0.15) is 6.92 Å². The van der Waals surface area contributed by atoms with E-state index in [1.807, 2.05) is 49.4 Å². The molecule has 0 aromatic heterocycles. The lowest BCUT2D eigenvalue weighted by atomic mass is 10.1. The Hall–Kier alpha value is -4.10. The van der Waals surface area contributed by atoms with Gasteiger partial charge in [-0.3, -0.25) is 4.79 Å². The fourth-order valence-corrected chi connectivity index (χ4v) is 4.97. The Balaban J connectivity index is 1.56. The quantitative estimate of drug-likeness (QED) is 0.309. The first kappa shape index (κ1) is 24.0. The number of hydrogen-bond acceptors (Lipinski definition) is 5. The lowest BCUT2D eigenvalue weighted by molar-refractivity contribution is -0.119. The molecule has 0 unspecified atom stereocenters. The van der Waals surface area contributed by atoms with Gasteiger partial charge in [0.25, 0.3) is 15.9 Å². The minimum absolute atomic E-state index is 0.00875. The van der Waals surface area contributed by atoms with E-state index in [0.717, 1.165) is 15.4 Å². The fraction of sp³-hybridized carbons (Fsp3) is 0.107. The van der Waals surface area contributed by atoms with Gasteiger partial charge in [-0.25, -0.2) is 8.42 Å². The van der Waals surface area contributed by atoms with Crippen LogP contribution in [0.4, 0.5) is 5.69 Å². The van der Waals surface area contributed by atoms with Crippen molar-refractivity contribution in [3.8, 4) is 22.6 Å². The van der Waals surface area contributed by atoms with Crippen LogP contribution >= 0.6 is 0 Å². The molecule has 0 N–H and O–H groups in total. The van der Waals surface area contributed by atoms with Gasteiger partial charge in [-0.1, -0.05) is 60.7 Å². The predicted molar refractivity (Wildman–Crippen MR) is 136 cm³/mol. The summed E-state index contributed by atoms with van der Waals surface area (Å²) in [6.07, 6.45) is 0. The maximum atomic E-state index is 13.4. The lowest BCUT2D eigenvalue weighted by Crippen LogP contribution is -2.40. The van der Waals surface area contributed by atoms with Crippen LogP contribution in [0, 0.1) is 0 Å². The third kappa shape index (κ3) is 5.70. The van der Waals surface area contributed by atoms with Crippen molar-refractivity contribution < 1.29 is 22.7 Å². The van der Waals surface area contributed by atoms with Crippen LogP contribution in [-0.2, 0) is 14.8 Å². The van der Waals surface area contributed by atoms with Crippen molar-refractivity contribution in [3.05, 3.63) is 109 Å². The number of carbonyl (C=O) groups excluding carboxylic acids is 1. The molecule has 1 amide bonds. The van der Waals surface area contributed by atoms with Gasteiger partial charge in [0.1, 0.15) is 11.5 Å². The average molecular weight is 488 g/mol. The monoisotopic (exact) mass is 487 g/mol. The third-order valence-corrected chi connectivity index (χ3v) is 6.98. The second-order valence-electron chi connectivity index (χ2n) is 7.58. The number of nitrogens with zero attached hydrogens (tertiary/aromatic N) is 1. The number of hydrogen-bond donors (Lipinski definition) is 0. The van der Waals surface area contributed by atoms with Crippen molar-refractivity contribution in [2.75, 3.05) is 17.5 Å². The topological polar surface area (TPSA) is 72.9 Å². The number of carbonyl (C=O) groups is 1. The SMILES string of the molecule is CCOc1ccc(N(C(=O)COc2ccc(-c3ccccc3)cc2)S(=O)(=O)c2ccccc2)cc1. The molecule has 0 bridgehead atoms. The molecule has 0 radical (unpaired) electrons. The van der Waals surface area contributed by atoms with Crippen molar-refractivity contribution >= 4 is 21.6 Å². The fourth-order valence-electron chi connectivity index (χ4n) is 3.54. The number of rotatable bonds is 9. The largest absolute Gasteiger partial charge is 0.494 e. The molecule has 4 rings (SSSR count). The highest BCUT2D eigenvalue weighted by molar-refractivity contribution is 7.93. The Bertz CT molecular complexity index is 1350. The summed E-state index contributed by atoms with van der Waals surface area (Å²) in [4.78, 5) is 13.2. The lowest BCUT2D eigenvalue weighted by Gasteiger charge is -2.23. The summed E-state index contributed by atoms with van der Waals surface area (Å²) in [7, 11) is -4.16. The number of ether oxygens (including phenoxy) is 2. The molecule has 0 aliphatic heterocycles. The van der Waals surface area contributed by atoms with E-state index in [9.17, 15) is 13.2 Å². The van der Waals surface area contributed by atoms with E-state index in [4.69, 9.17) is 9.47 Å². The molecule has 6 nitrogen and oxygen atoms in total. The van der Waals surface area contributed by atoms with Crippen LogP contribution in [0.5, 0.6) is 11.5 Å². The summed E-state index contributed by atoms with van der Waals surface area (Å²) in [5, 5.41) is 0. The number of anilines is 1. The number of sulfonamides is 1. The van der Waals surface area contributed by atoms with Gasteiger partial charge in [0.05, 0.1) is 17.2 Å². The molecule has 7 heteroatoms. The van der Waals surface area contributed by atoms with Gasteiger partial charge in [-0.2, -0.15) is 4.31 Å². The molecule has 0 aliphatic rings. The molecule has 0 saturated carbocycles. The maximum Gasteiger partial charge on any atom is 0.278 e. The van der Waals surface area contributed by atoms with Crippen LogP contribution in [0.3, 0.4) is 0 Å². The molecule has 0 fully saturated rings. The van der Waals surface area contributed by atoms with E-state index in [1.165, 1.54) is 24.3 Å². The molecule has 4 aromatic carbocycles. The van der Waals surface area contributed by atoms with Crippen LogP contribution in [0.15, 0.2) is 114 Å². The van der Waals surface area contributed by atoms with Gasteiger partial charge in [-0.05, 0) is 66.6 Å². The highest BCUT2D eigenvalue weighted by Crippen LogP contribution is 2.27. The minimum atomic E-state index is -4.16. The van der Waals surface area contributed by atoms with Crippen molar-refractivity contribution in [2.45, 2.75) is 11.8 Å². The normalized spacial score (nSPS) is 11.0. The van der Waals surface area contributed by atoms with E-state index in [-0.39, 0.29) is 10.6 Å². The molecule has 4 aromatic rings. The van der Waals surface area contributed by atoms with Gasteiger partial charge >= 0.3 is 0 Å². The van der Waals surface area contributed by atoms with Gasteiger partial charge in [0.2, 0.25) is 0 Å². The zero-order chi connectivity index (χ0) is 24.7. The van der Waals surface area contributed by atoms with Crippen LogP contribution in [0.2, 0.25) is 0 Å². The highest BCUT2D eigenvalue weighted by Gasteiger charge is 2.31. The molecule has 35 heavy (non-hydrogen) atoms. The average Bonchev–Trinajstić information content (AvgIpc) is 2.90. The second-order valence-corrected chi connectivity index (χ2v) is 9.37. The van der Waals surface area contributed by atoms with E-state index in [0.29, 0.717) is 18.1 Å². The van der Waals surface area contributed by atoms with Gasteiger partial charge < -0.3 is 9.47 Å². The Morgan fingerprint density at radius 2 is 1.20 bits per heavy atom. The van der Waals surface area contributed by atoms with Gasteiger partial charge in [0.15, 0.2) is 6.61 Å². The summed E-state index contributed by atoms with van der Waals surface area (Å²) in [5.41, 5.74) is 2.27. The predicted octanol–water partition coefficient (Wildman–Crippen LogP) is 5.55. The smallest absolute Gasteiger partial charge is 0.278 e. The second kappa shape index (κ2) is 10.9. The zero-order valence-corrected chi connectivity index (χ0v) is 20.0. The molecular weight excluding hydrogens is 462 g/mol. The van der Waals surface area contributed by atoms with Crippen molar-refractivity contribution in [1.82, 2.24) is 0 Å². The van der Waals surface area contributed by atoms with Crippen LogP contribution in [0.25, 0.3) is 11.1 Å². The number of benzene rings is 4. The Morgan fingerprint density at radius 1 is 0.686 bits per heavy atom. The summed E-state index contributed by atoms with van der Waals surface area (Å²) < 4.78 is 38.7. The van der Waals surface area contributed by atoms with E-state index in [2.05, 4.69) is 0 Å². The Morgan fingerprint density at radius 3 is 1.80 bits per heavy atom. The summed E-state index contributed by atoms with van der Waals surface area (Å²) in [6, 6.07) is 31.3. The first-order valence-corrected chi connectivity index (χ1v) is 12.6. The summed E-state index contributed by atoms with van der Waals surface area (Å²) in [6.45, 7) is 1.87. The molecule has 0 aliphatic carbocycles. The molecule has 178 valence electrons. The highest BCUT2D eigenvalue weighted by atomic mass is 32.2. The van der Waals surface area contributed by atoms with Crippen LogP contribution < -0.4 is 13.8 Å². The molecule has 0 atom stereocenters. The zero-order valence-electron chi connectivity index (χ0n) is 19.2. The summed E-state index contributed by atoms with van der Waals surface area (Å²) in [5.74, 6) is 0.322. The van der Waals surface area contributed by atoms with Crippen molar-refractivity contribution in [1.29, 1.82) is 0 Å². The van der Waals surface area contributed by atoms with Crippen molar-refractivity contribution in [3.63, 3.8) is 0 Å². The minimum Gasteiger partial charge on any atom is -0.494 e. The summed E-state index contributed by atoms with van der Waals surface area (Å²) >= 11 is 0. The van der Waals surface area contributed by atoms with Gasteiger partial charge in [0, 0.05) is 0 Å². The van der Waals surface area contributed by atoms with E-state index < -0.39 is 22.5 Å². The van der Waals surface area contributed by atoms with Crippen molar-refractivity contribution in [2.24, 2.45) is 0 Å². The first-order chi connectivity index (χ1) is 17.0. The standard InChI is InChI=1S/C28H25NO5S/c1-2-33-25-19-15-24(16-20-25)29(35(31,32)27-11-7-4-8-12-27)28(30)21-34-26-17-13-23(14-18-26)22-9-5-3-6-10-22/h3-20H,2,21H2,1H3. The number of amides is 1. The molecular formula is C28H25NO5S. The molecule has 0 spiro atoms. The van der Waals surface area contributed by atoms with E-state index >= 15 is 0 Å². The Labute approximate surface area is 205 Å². The molecule has 0 heterocycles.